The topological polar surface area (TPSA) is 12.0 Å². The third kappa shape index (κ3) is 4.11. The number of allylic oxidation sites excluding steroid dienone is 1. The Bertz CT molecular complexity index is 290. The first-order chi connectivity index (χ1) is 7.65. The highest BCUT2D eigenvalue weighted by molar-refractivity contribution is 7.10. The van der Waals surface area contributed by atoms with E-state index in [9.17, 15) is 0 Å². The molecule has 2 heteroatoms. The van der Waals surface area contributed by atoms with E-state index in [-0.39, 0.29) is 0 Å². The minimum atomic E-state index is 0.486. The van der Waals surface area contributed by atoms with Crippen LogP contribution in [0.25, 0.3) is 0 Å². The molecule has 0 spiro atoms. The molecule has 1 heterocycles. The van der Waals surface area contributed by atoms with Gasteiger partial charge >= 0.3 is 0 Å². The maximum absolute atomic E-state index is 3.77. The summed E-state index contributed by atoms with van der Waals surface area (Å²) in [5, 5.41) is 5.87. The third-order valence-electron chi connectivity index (χ3n) is 2.78. The first-order valence-electron chi connectivity index (χ1n) is 6.05. The summed E-state index contributed by atoms with van der Waals surface area (Å²) in [6.07, 6.45) is 4.25. The normalized spacial score (nSPS) is 15.0. The van der Waals surface area contributed by atoms with Gasteiger partial charge in [-0.1, -0.05) is 26.0 Å². The maximum atomic E-state index is 3.77. The Morgan fingerprint density at radius 1 is 1.44 bits per heavy atom. The molecule has 1 aromatic heterocycles. The van der Waals surface area contributed by atoms with E-state index >= 15 is 0 Å². The summed E-state index contributed by atoms with van der Waals surface area (Å²) in [5.41, 5.74) is 0. The Kier molecular flexibility index (Phi) is 5.78. The van der Waals surface area contributed by atoms with Crippen molar-refractivity contribution in [3.05, 3.63) is 35.0 Å². The van der Waals surface area contributed by atoms with Crippen molar-refractivity contribution in [3.63, 3.8) is 0 Å². The lowest BCUT2D eigenvalue weighted by atomic mass is 10.0. The van der Waals surface area contributed by atoms with E-state index in [2.05, 4.69) is 50.2 Å². The molecular formula is C14H23NS. The summed E-state index contributed by atoms with van der Waals surface area (Å²) < 4.78 is 0. The second-order valence-electron chi connectivity index (χ2n) is 4.67. The number of rotatable bonds is 7. The van der Waals surface area contributed by atoms with E-state index in [1.807, 2.05) is 17.4 Å². The Hall–Kier alpha value is -0.600. The van der Waals surface area contributed by atoms with Crippen molar-refractivity contribution in [2.24, 2.45) is 5.92 Å². The van der Waals surface area contributed by atoms with Crippen molar-refractivity contribution in [1.82, 2.24) is 5.32 Å². The number of hydrogen-bond donors (Lipinski definition) is 1. The Balaban J connectivity index is 2.55. The maximum Gasteiger partial charge on any atom is 0.0440 e. The van der Waals surface area contributed by atoms with Crippen LogP contribution in [0.15, 0.2) is 30.2 Å². The zero-order valence-corrected chi connectivity index (χ0v) is 11.4. The molecule has 1 nitrogen and oxygen atoms in total. The van der Waals surface area contributed by atoms with Crippen LogP contribution in [-0.2, 0) is 0 Å². The van der Waals surface area contributed by atoms with Crippen LogP contribution in [0.5, 0.6) is 0 Å². The zero-order valence-electron chi connectivity index (χ0n) is 10.6. The molecule has 16 heavy (non-hydrogen) atoms. The molecule has 1 rings (SSSR count). The molecule has 90 valence electrons. The second-order valence-corrected chi connectivity index (χ2v) is 5.65. The van der Waals surface area contributed by atoms with Crippen molar-refractivity contribution >= 4 is 11.3 Å². The average molecular weight is 237 g/mol. The zero-order chi connectivity index (χ0) is 12.0. The van der Waals surface area contributed by atoms with Gasteiger partial charge in [-0.2, -0.15) is 0 Å². The van der Waals surface area contributed by atoms with Gasteiger partial charge < -0.3 is 5.32 Å². The molecule has 0 saturated heterocycles. The molecule has 0 fully saturated rings. The summed E-state index contributed by atoms with van der Waals surface area (Å²) in [4.78, 5) is 1.44. The first kappa shape index (κ1) is 13.5. The number of nitrogens with one attached hydrogen (secondary N) is 1. The van der Waals surface area contributed by atoms with E-state index in [4.69, 9.17) is 0 Å². The predicted molar refractivity (Wildman–Crippen MR) is 73.9 cm³/mol. The van der Waals surface area contributed by atoms with Crippen LogP contribution >= 0.6 is 11.3 Å². The smallest absolute Gasteiger partial charge is 0.0440 e. The molecule has 2 atom stereocenters. The van der Waals surface area contributed by atoms with Crippen LogP contribution < -0.4 is 5.32 Å². The third-order valence-corrected chi connectivity index (χ3v) is 3.74. The van der Waals surface area contributed by atoms with E-state index in [0.717, 1.165) is 12.8 Å². The van der Waals surface area contributed by atoms with Gasteiger partial charge in [-0.25, -0.2) is 0 Å². The van der Waals surface area contributed by atoms with Gasteiger partial charge in [0.2, 0.25) is 0 Å². The van der Waals surface area contributed by atoms with Gasteiger partial charge in [0, 0.05) is 17.0 Å². The molecular weight excluding hydrogens is 214 g/mol. The highest BCUT2D eigenvalue weighted by Crippen LogP contribution is 2.26. The van der Waals surface area contributed by atoms with Gasteiger partial charge in [0.15, 0.2) is 0 Å². The van der Waals surface area contributed by atoms with Gasteiger partial charge in [0.1, 0.15) is 0 Å². The molecule has 2 unspecified atom stereocenters. The summed E-state index contributed by atoms with van der Waals surface area (Å²) >= 11 is 1.84. The highest BCUT2D eigenvalue weighted by Gasteiger charge is 2.18. The van der Waals surface area contributed by atoms with Crippen molar-refractivity contribution < 1.29 is 0 Å². The molecule has 1 aromatic rings. The summed E-state index contributed by atoms with van der Waals surface area (Å²) in [7, 11) is 0. The average Bonchev–Trinajstić information content (AvgIpc) is 2.75. The van der Waals surface area contributed by atoms with Crippen molar-refractivity contribution in [3.8, 4) is 0 Å². The van der Waals surface area contributed by atoms with Gasteiger partial charge in [0.25, 0.3) is 0 Å². The number of thiophene rings is 1. The summed E-state index contributed by atoms with van der Waals surface area (Å²) in [6.45, 7) is 10.6. The van der Waals surface area contributed by atoms with E-state index in [0.29, 0.717) is 18.0 Å². The van der Waals surface area contributed by atoms with E-state index in [1.54, 1.807) is 0 Å². The Labute approximate surface area is 104 Å². The first-order valence-corrected chi connectivity index (χ1v) is 6.93. The van der Waals surface area contributed by atoms with Crippen LogP contribution in [-0.4, -0.2) is 6.04 Å². The molecule has 0 bridgehead atoms. The molecule has 0 aliphatic carbocycles. The van der Waals surface area contributed by atoms with Crippen molar-refractivity contribution in [1.29, 1.82) is 0 Å². The van der Waals surface area contributed by atoms with E-state index < -0.39 is 0 Å². The van der Waals surface area contributed by atoms with E-state index in [1.165, 1.54) is 4.88 Å². The largest absolute Gasteiger partial charge is 0.307 e. The van der Waals surface area contributed by atoms with Crippen molar-refractivity contribution in [2.45, 2.75) is 45.7 Å². The van der Waals surface area contributed by atoms with Crippen molar-refractivity contribution in [2.75, 3.05) is 0 Å². The fourth-order valence-electron chi connectivity index (χ4n) is 1.83. The fourth-order valence-corrected chi connectivity index (χ4v) is 2.79. The Morgan fingerprint density at radius 3 is 2.69 bits per heavy atom. The lowest BCUT2D eigenvalue weighted by molar-refractivity contribution is 0.365. The monoisotopic (exact) mass is 237 g/mol. The summed E-state index contributed by atoms with van der Waals surface area (Å²) in [5.74, 6) is 0.629. The van der Waals surface area contributed by atoms with Crippen LogP contribution in [0.2, 0.25) is 0 Å². The van der Waals surface area contributed by atoms with Gasteiger partial charge in [-0.15, -0.1) is 17.9 Å². The molecule has 0 amide bonds. The molecule has 1 N–H and O–H groups in total. The second kappa shape index (κ2) is 6.87. The minimum absolute atomic E-state index is 0.486. The van der Waals surface area contributed by atoms with Gasteiger partial charge in [0.05, 0.1) is 0 Å². The highest BCUT2D eigenvalue weighted by atomic mass is 32.1. The lowest BCUT2D eigenvalue weighted by Gasteiger charge is -2.25. The lowest BCUT2D eigenvalue weighted by Crippen LogP contribution is -2.32. The quantitative estimate of drug-likeness (QED) is 0.694. The SMILES string of the molecule is C=CCCC(C)NC(c1cccs1)C(C)C. The standard InChI is InChI=1S/C14H23NS/c1-5-6-8-12(4)15-14(11(2)3)13-9-7-10-16-13/h5,7,9-12,14-15H,1,6,8H2,2-4H3. The van der Waals surface area contributed by atoms with Crippen LogP contribution in [0.1, 0.15) is 44.5 Å². The van der Waals surface area contributed by atoms with Crippen LogP contribution in [0, 0.1) is 5.92 Å². The molecule has 0 aliphatic heterocycles. The summed E-state index contributed by atoms with van der Waals surface area (Å²) in [6, 6.07) is 5.39. The minimum Gasteiger partial charge on any atom is -0.307 e. The molecule has 0 saturated carbocycles. The van der Waals surface area contributed by atoms with Gasteiger partial charge in [-0.3, -0.25) is 0 Å². The fraction of sp³-hybridized carbons (Fsp3) is 0.571. The van der Waals surface area contributed by atoms with Crippen LogP contribution in [0.4, 0.5) is 0 Å². The molecule has 0 aromatic carbocycles. The van der Waals surface area contributed by atoms with Crippen LogP contribution in [0.3, 0.4) is 0 Å². The molecule has 0 aliphatic rings. The number of hydrogen-bond acceptors (Lipinski definition) is 2. The van der Waals surface area contributed by atoms with Gasteiger partial charge in [-0.05, 0) is 37.1 Å². The predicted octanol–water partition coefficient (Wildman–Crippen LogP) is 4.39. The molecule has 0 radical (unpaired) electrons. The Morgan fingerprint density at radius 2 is 2.19 bits per heavy atom.